The summed E-state index contributed by atoms with van der Waals surface area (Å²) in [4.78, 5) is 23.7. The summed E-state index contributed by atoms with van der Waals surface area (Å²) in [5.41, 5.74) is 0.590. The van der Waals surface area contributed by atoms with Crippen LogP contribution in [0.3, 0.4) is 0 Å². The molecule has 0 aliphatic heterocycles. The molecule has 144 valence electrons. The summed E-state index contributed by atoms with van der Waals surface area (Å²) in [5.74, 6) is -0.113. The molecular weight excluding hydrogens is 384 g/mol. The highest BCUT2D eigenvalue weighted by Crippen LogP contribution is 2.37. The van der Waals surface area contributed by atoms with Crippen LogP contribution in [0.15, 0.2) is 51.7 Å². The Labute approximate surface area is 165 Å². The number of aliphatic carboxylic acids is 1. The van der Waals surface area contributed by atoms with Gasteiger partial charge in [0.05, 0.1) is 29.0 Å². The number of hydrogen-bond acceptors (Lipinski definition) is 5. The van der Waals surface area contributed by atoms with Gasteiger partial charge in [0.25, 0.3) is 0 Å². The van der Waals surface area contributed by atoms with Crippen molar-refractivity contribution in [3.8, 4) is 22.8 Å². The molecule has 1 aromatic heterocycles. The van der Waals surface area contributed by atoms with Crippen molar-refractivity contribution in [1.29, 1.82) is 0 Å². The second kappa shape index (κ2) is 7.20. The Hall–Kier alpha value is -2.99. The van der Waals surface area contributed by atoms with Gasteiger partial charge in [-0.1, -0.05) is 17.7 Å². The van der Waals surface area contributed by atoms with Gasteiger partial charge >= 0.3 is 5.97 Å². The van der Waals surface area contributed by atoms with E-state index < -0.39 is 11.9 Å². The minimum Gasteiger partial charge on any atom is -0.496 e. The molecule has 2 aromatic carbocycles. The summed E-state index contributed by atoms with van der Waals surface area (Å²) in [6.45, 7) is 0. The van der Waals surface area contributed by atoms with Crippen molar-refractivity contribution < 1.29 is 23.8 Å². The third kappa shape index (κ3) is 3.20. The average molecular weight is 401 g/mol. The predicted octanol–water partition coefficient (Wildman–Crippen LogP) is 4.36. The average Bonchev–Trinajstić information content (AvgIpc) is 2.65. The van der Waals surface area contributed by atoms with E-state index in [2.05, 4.69) is 0 Å². The summed E-state index contributed by atoms with van der Waals surface area (Å²) in [7, 11) is 1.51. The number of carboxylic acid groups (broad SMARTS) is 1. The van der Waals surface area contributed by atoms with Crippen LogP contribution in [0, 0.1) is 5.92 Å². The molecule has 28 heavy (non-hydrogen) atoms. The van der Waals surface area contributed by atoms with Gasteiger partial charge in [-0.25, -0.2) is 0 Å². The molecule has 4 rings (SSSR count). The number of fused-ring (bicyclic) bond motifs is 1. The van der Waals surface area contributed by atoms with Gasteiger partial charge in [-0.05, 0) is 43.2 Å². The number of carboxylic acids is 1. The van der Waals surface area contributed by atoms with E-state index in [1.165, 1.54) is 13.2 Å². The second-order valence-corrected chi connectivity index (χ2v) is 7.04. The fraction of sp³-hybridized carbons (Fsp3) is 0.238. The van der Waals surface area contributed by atoms with E-state index in [1.807, 2.05) is 0 Å². The first-order valence-corrected chi connectivity index (χ1v) is 9.16. The summed E-state index contributed by atoms with van der Waals surface area (Å²) < 4.78 is 17.1. The monoisotopic (exact) mass is 400 g/mol. The van der Waals surface area contributed by atoms with Crippen LogP contribution in [0.2, 0.25) is 5.02 Å². The van der Waals surface area contributed by atoms with Crippen molar-refractivity contribution >= 4 is 28.5 Å². The quantitative estimate of drug-likeness (QED) is 0.684. The Kier molecular flexibility index (Phi) is 4.73. The van der Waals surface area contributed by atoms with Crippen LogP contribution in [0.25, 0.3) is 22.3 Å². The van der Waals surface area contributed by atoms with Crippen molar-refractivity contribution in [3.63, 3.8) is 0 Å². The molecular formula is C21H17ClO6. The molecule has 1 N–H and O–H groups in total. The number of rotatable bonds is 5. The zero-order chi connectivity index (χ0) is 19.8. The third-order valence-corrected chi connectivity index (χ3v) is 5.26. The fourth-order valence-electron chi connectivity index (χ4n) is 3.30. The largest absolute Gasteiger partial charge is 0.496 e. The van der Waals surface area contributed by atoms with E-state index in [4.69, 9.17) is 25.5 Å². The van der Waals surface area contributed by atoms with Crippen LogP contribution in [0.5, 0.6) is 11.5 Å². The molecule has 2 atom stereocenters. The number of ether oxygens (including phenoxy) is 2. The first-order valence-electron chi connectivity index (χ1n) is 8.78. The van der Waals surface area contributed by atoms with Crippen LogP contribution in [-0.4, -0.2) is 24.3 Å². The van der Waals surface area contributed by atoms with Gasteiger partial charge in [-0.15, -0.1) is 0 Å². The summed E-state index contributed by atoms with van der Waals surface area (Å²) >= 11 is 6.19. The highest BCUT2D eigenvalue weighted by atomic mass is 35.5. The molecule has 1 heterocycles. The van der Waals surface area contributed by atoms with E-state index in [0.29, 0.717) is 45.9 Å². The van der Waals surface area contributed by atoms with Crippen molar-refractivity contribution in [2.24, 2.45) is 5.92 Å². The minimum absolute atomic E-state index is 0.225. The predicted molar refractivity (Wildman–Crippen MR) is 104 cm³/mol. The zero-order valence-corrected chi connectivity index (χ0v) is 15.7. The number of halogens is 1. The van der Waals surface area contributed by atoms with Gasteiger partial charge in [-0.3, -0.25) is 9.59 Å². The SMILES string of the molecule is COc1ccc(OC2CCC2C(=O)O)cc1-c1cc(=O)c2cccc(Cl)c2o1. The topological polar surface area (TPSA) is 86.0 Å². The second-order valence-electron chi connectivity index (χ2n) is 6.63. The molecule has 1 aliphatic rings. The van der Waals surface area contributed by atoms with E-state index in [9.17, 15) is 14.7 Å². The van der Waals surface area contributed by atoms with Crippen molar-refractivity contribution in [3.05, 3.63) is 57.7 Å². The molecule has 6 nitrogen and oxygen atoms in total. The molecule has 1 saturated carbocycles. The molecule has 1 aliphatic carbocycles. The Balaban J connectivity index is 1.76. The highest BCUT2D eigenvalue weighted by molar-refractivity contribution is 6.34. The molecule has 0 saturated heterocycles. The number of hydrogen-bond donors (Lipinski definition) is 1. The van der Waals surface area contributed by atoms with E-state index in [-0.39, 0.29) is 17.3 Å². The van der Waals surface area contributed by atoms with Crippen molar-refractivity contribution in [2.45, 2.75) is 18.9 Å². The lowest BCUT2D eigenvalue weighted by Crippen LogP contribution is -2.41. The smallest absolute Gasteiger partial charge is 0.310 e. The molecule has 0 radical (unpaired) electrons. The van der Waals surface area contributed by atoms with Crippen molar-refractivity contribution in [1.82, 2.24) is 0 Å². The molecule has 1 fully saturated rings. The van der Waals surface area contributed by atoms with Gasteiger partial charge in [0, 0.05) is 6.07 Å². The lowest BCUT2D eigenvalue weighted by atomic mass is 9.82. The van der Waals surface area contributed by atoms with Crippen LogP contribution < -0.4 is 14.9 Å². The van der Waals surface area contributed by atoms with Gasteiger partial charge < -0.3 is 19.0 Å². The van der Waals surface area contributed by atoms with Crippen LogP contribution >= 0.6 is 11.6 Å². The lowest BCUT2D eigenvalue weighted by molar-refractivity contribution is -0.150. The maximum absolute atomic E-state index is 12.5. The van der Waals surface area contributed by atoms with Crippen LogP contribution in [-0.2, 0) is 4.79 Å². The van der Waals surface area contributed by atoms with E-state index >= 15 is 0 Å². The molecule has 3 aromatic rings. The summed E-state index contributed by atoms with van der Waals surface area (Å²) in [5, 5.41) is 9.92. The molecule has 0 amide bonds. The minimum atomic E-state index is -0.861. The normalized spacial score (nSPS) is 18.5. The fourth-order valence-corrected chi connectivity index (χ4v) is 3.51. The Morgan fingerprint density at radius 3 is 2.71 bits per heavy atom. The van der Waals surface area contributed by atoms with Crippen LogP contribution in [0.4, 0.5) is 0 Å². The molecule has 0 bridgehead atoms. The number of methoxy groups -OCH3 is 1. The lowest BCUT2D eigenvalue weighted by Gasteiger charge is -2.33. The van der Waals surface area contributed by atoms with E-state index in [0.717, 1.165) is 0 Å². The standard InChI is InChI=1S/C21H17ClO6/c1-26-17-7-5-11(27-18-8-6-13(18)21(24)25)9-14(17)19-10-16(23)12-3-2-4-15(22)20(12)28-19/h2-5,7,9-10,13,18H,6,8H2,1H3,(H,24,25). The summed E-state index contributed by atoms with van der Waals surface area (Å²) in [6.07, 6.45) is 0.900. The zero-order valence-electron chi connectivity index (χ0n) is 15.0. The maximum Gasteiger partial charge on any atom is 0.310 e. The van der Waals surface area contributed by atoms with Gasteiger partial charge in [0.15, 0.2) is 11.0 Å². The number of para-hydroxylation sites is 1. The van der Waals surface area contributed by atoms with E-state index in [1.54, 1.807) is 36.4 Å². The molecule has 0 spiro atoms. The highest BCUT2D eigenvalue weighted by Gasteiger charge is 2.38. The number of benzene rings is 2. The number of carbonyl (C=O) groups is 1. The molecule has 2 unspecified atom stereocenters. The Morgan fingerprint density at radius 1 is 1.21 bits per heavy atom. The van der Waals surface area contributed by atoms with Crippen LogP contribution in [0.1, 0.15) is 12.8 Å². The molecule has 7 heteroatoms. The third-order valence-electron chi connectivity index (χ3n) is 4.96. The first kappa shape index (κ1) is 18.4. The maximum atomic E-state index is 12.5. The van der Waals surface area contributed by atoms with Crippen molar-refractivity contribution in [2.75, 3.05) is 7.11 Å². The van der Waals surface area contributed by atoms with Gasteiger partial charge in [0.2, 0.25) is 0 Å². The summed E-state index contributed by atoms with van der Waals surface area (Å²) in [6, 6.07) is 11.4. The Bertz CT molecular complexity index is 1120. The Morgan fingerprint density at radius 2 is 2.04 bits per heavy atom. The van der Waals surface area contributed by atoms with Gasteiger partial charge in [0.1, 0.15) is 23.4 Å². The first-order chi connectivity index (χ1) is 13.5. The van der Waals surface area contributed by atoms with Gasteiger partial charge in [-0.2, -0.15) is 0 Å².